The summed E-state index contributed by atoms with van der Waals surface area (Å²) in [6.45, 7) is 1.03. The standard InChI is InChI=1S/C19H19NO5/c1-22-15-5-3-4-11(19(15)23-2)12-9-18(21)20-14-10-17-16(8-13(12)14)24-6-7-25-17/h3-5,8,10,12H,6-7,9H2,1-2H3,(H,20,21)/t12-/m1/s1. The Labute approximate surface area is 145 Å². The lowest BCUT2D eigenvalue weighted by Crippen LogP contribution is -2.25. The van der Waals surface area contributed by atoms with Gasteiger partial charge >= 0.3 is 0 Å². The molecule has 0 fully saturated rings. The van der Waals surface area contributed by atoms with E-state index in [-0.39, 0.29) is 11.8 Å². The van der Waals surface area contributed by atoms with E-state index in [0.29, 0.717) is 42.6 Å². The predicted octanol–water partition coefficient (Wildman–Crippen LogP) is 2.95. The van der Waals surface area contributed by atoms with Crippen molar-refractivity contribution in [1.82, 2.24) is 0 Å². The Morgan fingerprint density at radius 3 is 2.52 bits per heavy atom. The zero-order chi connectivity index (χ0) is 17.4. The second-order valence-electron chi connectivity index (χ2n) is 5.97. The number of anilines is 1. The molecule has 2 aromatic rings. The summed E-state index contributed by atoms with van der Waals surface area (Å²) >= 11 is 0. The van der Waals surface area contributed by atoms with E-state index >= 15 is 0 Å². The summed E-state index contributed by atoms with van der Waals surface area (Å²) < 4.78 is 22.3. The number of para-hydroxylation sites is 1. The highest BCUT2D eigenvalue weighted by atomic mass is 16.6. The van der Waals surface area contributed by atoms with Crippen molar-refractivity contribution in [2.45, 2.75) is 12.3 Å². The largest absolute Gasteiger partial charge is 0.493 e. The molecular weight excluding hydrogens is 322 g/mol. The van der Waals surface area contributed by atoms with Gasteiger partial charge in [0.15, 0.2) is 23.0 Å². The summed E-state index contributed by atoms with van der Waals surface area (Å²) in [6.07, 6.45) is 0.330. The van der Waals surface area contributed by atoms with Crippen LogP contribution in [0.1, 0.15) is 23.5 Å². The second-order valence-corrected chi connectivity index (χ2v) is 5.97. The third kappa shape index (κ3) is 2.63. The number of rotatable bonds is 3. The molecule has 2 aliphatic heterocycles. The molecule has 0 saturated heterocycles. The third-order valence-corrected chi connectivity index (χ3v) is 4.56. The van der Waals surface area contributed by atoms with Gasteiger partial charge in [0, 0.05) is 29.7 Å². The summed E-state index contributed by atoms with van der Waals surface area (Å²) in [5, 5.41) is 2.93. The van der Waals surface area contributed by atoms with Gasteiger partial charge in [-0.1, -0.05) is 12.1 Å². The minimum Gasteiger partial charge on any atom is -0.493 e. The molecule has 6 nitrogen and oxygen atoms in total. The lowest BCUT2D eigenvalue weighted by molar-refractivity contribution is -0.116. The highest BCUT2D eigenvalue weighted by Crippen LogP contribution is 2.47. The Hall–Kier alpha value is -2.89. The number of amides is 1. The number of carbonyl (C=O) groups is 1. The predicted molar refractivity (Wildman–Crippen MR) is 92.1 cm³/mol. The van der Waals surface area contributed by atoms with Crippen LogP contribution >= 0.6 is 0 Å². The number of carbonyl (C=O) groups excluding carboxylic acids is 1. The van der Waals surface area contributed by atoms with Gasteiger partial charge in [-0.15, -0.1) is 0 Å². The number of hydrogen-bond acceptors (Lipinski definition) is 5. The first-order valence-electron chi connectivity index (χ1n) is 8.15. The molecule has 1 N–H and O–H groups in total. The third-order valence-electron chi connectivity index (χ3n) is 4.56. The molecule has 6 heteroatoms. The molecule has 2 aromatic carbocycles. The molecule has 0 radical (unpaired) electrons. The molecule has 2 heterocycles. The molecule has 2 aliphatic rings. The van der Waals surface area contributed by atoms with E-state index in [9.17, 15) is 4.79 Å². The average Bonchev–Trinajstić information content (AvgIpc) is 2.65. The van der Waals surface area contributed by atoms with Gasteiger partial charge in [0.25, 0.3) is 0 Å². The van der Waals surface area contributed by atoms with Crippen LogP contribution in [0.15, 0.2) is 30.3 Å². The maximum absolute atomic E-state index is 12.3. The summed E-state index contributed by atoms with van der Waals surface area (Å²) in [5.41, 5.74) is 2.64. The highest BCUT2D eigenvalue weighted by Gasteiger charge is 2.31. The van der Waals surface area contributed by atoms with Crippen molar-refractivity contribution in [3.63, 3.8) is 0 Å². The van der Waals surface area contributed by atoms with E-state index < -0.39 is 0 Å². The smallest absolute Gasteiger partial charge is 0.225 e. The van der Waals surface area contributed by atoms with Gasteiger partial charge in [0.05, 0.1) is 14.2 Å². The number of nitrogens with one attached hydrogen (secondary N) is 1. The number of hydrogen-bond donors (Lipinski definition) is 1. The molecule has 0 aromatic heterocycles. The second kappa shape index (κ2) is 6.20. The fourth-order valence-electron chi connectivity index (χ4n) is 3.46. The Morgan fingerprint density at radius 2 is 1.80 bits per heavy atom. The summed E-state index contributed by atoms with van der Waals surface area (Å²) in [7, 11) is 3.21. The molecule has 0 saturated carbocycles. The quantitative estimate of drug-likeness (QED) is 0.930. The van der Waals surface area contributed by atoms with Crippen LogP contribution in [0.4, 0.5) is 5.69 Å². The van der Waals surface area contributed by atoms with Crippen LogP contribution < -0.4 is 24.3 Å². The van der Waals surface area contributed by atoms with Gasteiger partial charge in [-0.25, -0.2) is 0 Å². The van der Waals surface area contributed by atoms with E-state index in [1.165, 1.54) is 0 Å². The van der Waals surface area contributed by atoms with Crippen LogP contribution in [0.5, 0.6) is 23.0 Å². The molecule has 1 atom stereocenters. The minimum absolute atomic E-state index is 0.0425. The number of ether oxygens (including phenoxy) is 4. The first-order valence-corrected chi connectivity index (χ1v) is 8.15. The molecule has 0 bridgehead atoms. The lowest BCUT2D eigenvalue weighted by atomic mass is 9.84. The highest BCUT2D eigenvalue weighted by molar-refractivity contribution is 5.96. The number of fused-ring (bicyclic) bond motifs is 2. The molecular formula is C19H19NO5. The van der Waals surface area contributed by atoms with E-state index in [2.05, 4.69) is 5.32 Å². The first-order chi connectivity index (χ1) is 12.2. The Balaban J connectivity index is 1.86. The molecule has 1 amide bonds. The van der Waals surface area contributed by atoms with Crippen molar-refractivity contribution >= 4 is 11.6 Å². The van der Waals surface area contributed by atoms with E-state index in [1.807, 2.05) is 30.3 Å². The van der Waals surface area contributed by atoms with Crippen molar-refractivity contribution in [1.29, 1.82) is 0 Å². The average molecular weight is 341 g/mol. The SMILES string of the molecule is COc1cccc([C@H]2CC(=O)Nc3cc4c(cc32)OCCO4)c1OC. The van der Waals surface area contributed by atoms with Gasteiger partial charge in [0.1, 0.15) is 13.2 Å². The van der Waals surface area contributed by atoms with Crippen LogP contribution in [-0.2, 0) is 4.79 Å². The fraction of sp³-hybridized carbons (Fsp3) is 0.316. The summed E-state index contributed by atoms with van der Waals surface area (Å²) in [6, 6.07) is 9.50. The van der Waals surface area contributed by atoms with Crippen LogP contribution in [0.25, 0.3) is 0 Å². The van der Waals surface area contributed by atoms with Crippen LogP contribution in [0, 0.1) is 0 Å². The van der Waals surface area contributed by atoms with Crippen molar-refractivity contribution in [3.05, 3.63) is 41.5 Å². The normalized spacial score (nSPS) is 18.2. The minimum atomic E-state index is -0.148. The van der Waals surface area contributed by atoms with Crippen molar-refractivity contribution in [2.75, 3.05) is 32.8 Å². The Morgan fingerprint density at radius 1 is 1.04 bits per heavy atom. The van der Waals surface area contributed by atoms with Crippen molar-refractivity contribution in [3.8, 4) is 23.0 Å². The maximum atomic E-state index is 12.3. The molecule has 130 valence electrons. The number of benzene rings is 2. The molecule has 0 spiro atoms. The Kier molecular flexibility index (Phi) is 3.87. The topological polar surface area (TPSA) is 66.0 Å². The van der Waals surface area contributed by atoms with E-state index in [0.717, 1.165) is 16.8 Å². The van der Waals surface area contributed by atoms with Crippen molar-refractivity contribution in [2.24, 2.45) is 0 Å². The van der Waals surface area contributed by atoms with Gasteiger partial charge in [-0.05, 0) is 17.7 Å². The van der Waals surface area contributed by atoms with Crippen LogP contribution in [0.2, 0.25) is 0 Å². The van der Waals surface area contributed by atoms with E-state index in [4.69, 9.17) is 18.9 Å². The van der Waals surface area contributed by atoms with Crippen LogP contribution in [0.3, 0.4) is 0 Å². The summed E-state index contributed by atoms with van der Waals surface area (Å²) in [4.78, 5) is 12.3. The number of methoxy groups -OCH3 is 2. The van der Waals surface area contributed by atoms with E-state index in [1.54, 1.807) is 14.2 Å². The molecule has 0 unspecified atom stereocenters. The van der Waals surface area contributed by atoms with Gasteiger partial charge in [-0.3, -0.25) is 4.79 Å². The zero-order valence-corrected chi connectivity index (χ0v) is 14.1. The monoisotopic (exact) mass is 341 g/mol. The molecule has 25 heavy (non-hydrogen) atoms. The lowest BCUT2D eigenvalue weighted by Gasteiger charge is -2.29. The van der Waals surface area contributed by atoms with Crippen molar-refractivity contribution < 1.29 is 23.7 Å². The van der Waals surface area contributed by atoms with Gasteiger partial charge in [-0.2, -0.15) is 0 Å². The molecule has 0 aliphatic carbocycles. The van der Waals surface area contributed by atoms with Gasteiger partial charge in [0.2, 0.25) is 5.91 Å². The van der Waals surface area contributed by atoms with Crippen LogP contribution in [-0.4, -0.2) is 33.3 Å². The molecule has 4 rings (SSSR count). The van der Waals surface area contributed by atoms with Gasteiger partial charge < -0.3 is 24.3 Å². The zero-order valence-electron chi connectivity index (χ0n) is 14.1. The summed E-state index contributed by atoms with van der Waals surface area (Å²) in [5.74, 6) is 2.45. The first kappa shape index (κ1) is 15.6. The fourth-order valence-corrected chi connectivity index (χ4v) is 3.46. The Bertz CT molecular complexity index is 833. The maximum Gasteiger partial charge on any atom is 0.225 e.